The summed E-state index contributed by atoms with van der Waals surface area (Å²) >= 11 is 0. The molecular weight excluding hydrogens is 368 g/mol. The Balaban J connectivity index is 1.69. The van der Waals surface area contributed by atoms with E-state index < -0.39 is 24.0 Å². The van der Waals surface area contributed by atoms with Gasteiger partial charge in [0, 0.05) is 0 Å². The smallest absolute Gasteiger partial charge is 0.387 e. The summed E-state index contributed by atoms with van der Waals surface area (Å²) in [4.78, 5) is 0. The van der Waals surface area contributed by atoms with E-state index in [4.69, 9.17) is 0 Å². The summed E-state index contributed by atoms with van der Waals surface area (Å²) in [5.74, 6) is -1.73. The molecule has 1 fully saturated rings. The van der Waals surface area contributed by atoms with Crippen molar-refractivity contribution in [2.75, 3.05) is 0 Å². The molecule has 0 heterocycles. The number of hydrogen-bond donors (Lipinski definition) is 0. The molecule has 0 spiro atoms. The van der Waals surface area contributed by atoms with E-state index in [-0.39, 0.29) is 0 Å². The third kappa shape index (κ3) is 7.84. The maximum Gasteiger partial charge on any atom is 0.387 e. The molecule has 0 saturated heterocycles. The molecule has 0 aromatic heterocycles. The Morgan fingerprint density at radius 2 is 1.57 bits per heavy atom. The van der Waals surface area contributed by atoms with E-state index in [1.807, 2.05) is 0 Å². The highest BCUT2D eigenvalue weighted by molar-refractivity contribution is 5.31. The van der Waals surface area contributed by atoms with Crippen LogP contribution in [0.1, 0.15) is 76.7 Å². The zero-order valence-corrected chi connectivity index (χ0v) is 16.7. The minimum atomic E-state index is -3.24. The molecule has 5 heteroatoms. The lowest BCUT2D eigenvalue weighted by Gasteiger charge is -2.28. The van der Waals surface area contributed by atoms with Crippen molar-refractivity contribution >= 4 is 0 Å². The predicted molar refractivity (Wildman–Crippen MR) is 105 cm³/mol. The van der Waals surface area contributed by atoms with Gasteiger partial charge in [0.1, 0.15) is 0 Å². The van der Waals surface area contributed by atoms with Crippen LogP contribution in [0.3, 0.4) is 0 Å². The summed E-state index contributed by atoms with van der Waals surface area (Å²) in [6.07, 6.45) is 16.9. The van der Waals surface area contributed by atoms with Crippen LogP contribution in [-0.4, -0.2) is 6.61 Å². The molecule has 0 N–H and O–H groups in total. The van der Waals surface area contributed by atoms with Gasteiger partial charge in [0.15, 0.2) is 17.4 Å². The second-order valence-electron chi connectivity index (χ2n) is 7.86. The van der Waals surface area contributed by atoms with Gasteiger partial charge in [0.05, 0.1) is 0 Å². The van der Waals surface area contributed by atoms with Crippen LogP contribution in [0.15, 0.2) is 24.3 Å². The zero-order valence-electron chi connectivity index (χ0n) is 16.7. The quantitative estimate of drug-likeness (QED) is 0.209. The molecule has 0 amide bonds. The van der Waals surface area contributed by atoms with Crippen LogP contribution >= 0.6 is 0 Å². The lowest BCUT2D eigenvalue weighted by Crippen LogP contribution is -2.15. The van der Waals surface area contributed by atoms with E-state index >= 15 is 0 Å². The largest absolute Gasteiger partial charge is 0.429 e. The van der Waals surface area contributed by atoms with Crippen molar-refractivity contribution in [2.24, 2.45) is 11.8 Å². The van der Waals surface area contributed by atoms with Crippen LogP contribution in [0, 0.1) is 23.5 Å². The maximum absolute atomic E-state index is 13.8. The SMILES string of the molecule is CC/C=C/CCCCC1CCC(CCc2cc(F)c(OC(F)F)c(F)c2)CC1. The number of allylic oxidation sites excluding steroid dienone is 2. The van der Waals surface area contributed by atoms with Crippen molar-refractivity contribution in [3.63, 3.8) is 0 Å². The van der Waals surface area contributed by atoms with Crippen molar-refractivity contribution in [3.8, 4) is 5.75 Å². The zero-order chi connectivity index (χ0) is 20.4. The summed E-state index contributed by atoms with van der Waals surface area (Å²) in [7, 11) is 0. The molecular formula is C23H32F4O. The Kier molecular flexibility index (Phi) is 9.86. The highest BCUT2D eigenvalue weighted by Crippen LogP contribution is 2.35. The van der Waals surface area contributed by atoms with Crippen molar-refractivity contribution < 1.29 is 22.3 Å². The van der Waals surface area contributed by atoms with Crippen molar-refractivity contribution in [2.45, 2.75) is 84.2 Å². The van der Waals surface area contributed by atoms with E-state index in [9.17, 15) is 17.6 Å². The van der Waals surface area contributed by atoms with Crippen LogP contribution in [0.25, 0.3) is 0 Å². The molecule has 0 atom stereocenters. The molecule has 1 aromatic carbocycles. The van der Waals surface area contributed by atoms with Crippen LogP contribution in [0.5, 0.6) is 5.75 Å². The standard InChI is InChI=1S/C23H32F4O/c1-2-3-4-5-6-7-8-17-9-11-18(12-10-17)13-14-19-15-20(24)22(21(25)16-19)28-23(26)27/h3-4,15-18,23H,2,5-14H2,1H3/b4-3+. The number of alkyl halides is 2. The number of rotatable bonds is 11. The molecule has 1 saturated carbocycles. The molecule has 158 valence electrons. The topological polar surface area (TPSA) is 9.23 Å². The fourth-order valence-corrected chi connectivity index (χ4v) is 4.12. The summed E-state index contributed by atoms with van der Waals surface area (Å²) in [6, 6.07) is 2.22. The van der Waals surface area contributed by atoms with Crippen molar-refractivity contribution in [3.05, 3.63) is 41.5 Å². The Labute approximate surface area is 166 Å². The average molecular weight is 401 g/mol. The lowest BCUT2D eigenvalue weighted by molar-refractivity contribution is -0.0546. The third-order valence-electron chi connectivity index (χ3n) is 5.71. The molecule has 1 aromatic rings. The Hall–Kier alpha value is -1.52. The summed E-state index contributed by atoms with van der Waals surface area (Å²) < 4.78 is 55.9. The van der Waals surface area contributed by atoms with E-state index in [0.29, 0.717) is 17.9 Å². The molecule has 1 aliphatic carbocycles. The van der Waals surface area contributed by atoms with Crippen LogP contribution in [0.2, 0.25) is 0 Å². The molecule has 1 aliphatic rings. The van der Waals surface area contributed by atoms with Crippen molar-refractivity contribution in [1.82, 2.24) is 0 Å². The second kappa shape index (κ2) is 12.1. The normalized spacial score (nSPS) is 20.2. The Morgan fingerprint density at radius 3 is 2.14 bits per heavy atom. The van der Waals surface area contributed by atoms with Gasteiger partial charge in [-0.15, -0.1) is 0 Å². The molecule has 0 radical (unpaired) electrons. The summed E-state index contributed by atoms with van der Waals surface area (Å²) in [5, 5.41) is 0. The molecule has 0 unspecified atom stereocenters. The van der Waals surface area contributed by atoms with Gasteiger partial charge in [-0.25, -0.2) is 8.78 Å². The molecule has 0 bridgehead atoms. The number of halogens is 4. The Bertz CT molecular complexity index is 584. The number of aryl methyl sites for hydroxylation is 1. The molecule has 0 aliphatic heterocycles. The Morgan fingerprint density at radius 1 is 0.964 bits per heavy atom. The number of ether oxygens (including phenoxy) is 1. The van der Waals surface area contributed by atoms with E-state index in [1.165, 1.54) is 38.5 Å². The fourth-order valence-electron chi connectivity index (χ4n) is 4.12. The summed E-state index contributed by atoms with van der Waals surface area (Å²) in [6.45, 7) is -1.09. The highest BCUT2D eigenvalue weighted by atomic mass is 19.3. The van der Waals surface area contributed by atoms with Gasteiger partial charge >= 0.3 is 6.61 Å². The first-order chi connectivity index (χ1) is 13.5. The van der Waals surface area contributed by atoms with Gasteiger partial charge in [0.2, 0.25) is 0 Å². The first-order valence-electron chi connectivity index (χ1n) is 10.6. The van der Waals surface area contributed by atoms with Gasteiger partial charge in [0.25, 0.3) is 0 Å². The average Bonchev–Trinajstić information content (AvgIpc) is 2.66. The van der Waals surface area contributed by atoms with Crippen LogP contribution in [0.4, 0.5) is 17.6 Å². The van der Waals surface area contributed by atoms with Gasteiger partial charge in [-0.1, -0.05) is 57.6 Å². The highest BCUT2D eigenvalue weighted by Gasteiger charge is 2.22. The first kappa shape index (κ1) is 22.8. The van der Waals surface area contributed by atoms with Gasteiger partial charge in [-0.3, -0.25) is 0 Å². The van der Waals surface area contributed by atoms with Crippen LogP contribution in [-0.2, 0) is 6.42 Å². The third-order valence-corrected chi connectivity index (χ3v) is 5.71. The molecule has 2 rings (SSSR count). The predicted octanol–water partition coefficient (Wildman–Crippen LogP) is 7.83. The lowest BCUT2D eigenvalue weighted by atomic mass is 9.78. The molecule has 28 heavy (non-hydrogen) atoms. The fraction of sp³-hybridized carbons (Fsp3) is 0.652. The van der Waals surface area contributed by atoms with E-state index in [2.05, 4.69) is 23.8 Å². The second-order valence-corrected chi connectivity index (χ2v) is 7.86. The minimum Gasteiger partial charge on any atom is -0.429 e. The van der Waals surface area contributed by atoms with Crippen LogP contribution < -0.4 is 4.74 Å². The minimum absolute atomic E-state index is 0.499. The number of unbranched alkanes of at least 4 members (excludes halogenated alkanes) is 2. The van der Waals surface area contributed by atoms with Gasteiger partial charge in [-0.05, 0) is 61.6 Å². The van der Waals surface area contributed by atoms with Crippen molar-refractivity contribution in [1.29, 1.82) is 0 Å². The van der Waals surface area contributed by atoms with Gasteiger partial charge in [-0.2, -0.15) is 8.78 Å². The first-order valence-corrected chi connectivity index (χ1v) is 10.6. The monoisotopic (exact) mass is 400 g/mol. The number of hydrogen-bond acceptors (Lipinski definition) is 1. The number of benzene rings is 1. The van der Waals surface area contributed by atoms with Gasteiger partial charge < -0.3 is 4.74 Å². The molecule has 1 nitrogen and oxygen atoms in total. The van der Waals surface area contributed by atoms with E-state index in [0.717, 1.165) is 43.7 Å². The van der Waals surface area contributed by atoms with E-state index in [1.54, 1.807) is 0 Å². The maximum atomic E-state index is 13.8. The summed E-state index contributed by atoms with van der Waals surface area (Å²) in [5.41, 5.74) is 0.499.